The monoisotopic (exact) mass is 172 g/mol. The molecule has 0 aromatic carbocycles. The third kappa shape index (κ3) is 3.96. The van der Waals surface area contributed by atoms with Gasteiger partial charge >= 0.3 is 0 Å². The fraction of sp³-hybridized carbons (Fsp3) is 0.375. The summed E-state index contributed by atoms with van der Waals surface area (Å²) in [6.45, 7) is 0.759. The number of aromatic nitrogens is 1. The molecule has 11 heavy (non-hydrogen) atoms. The number of halogens is 1. The van der Waals surface area contributed by atoms with Crippen LogP contribution < -0.4 is 5.73 Å². The van der Waals surface area contributed by atoms with E-state index in [2.05, 4.69) is 11.1 Å². The lowest BCUT2D eigenvalue weighted by Crippen LogP contribution is -2.00. The number of rotatable bonds is 3. The molecule has 0 bridgehead atoms. The van der Waals surface area contributed by atoms with Gasteiger partial charge in [0.25, 0.3) is 0 Å². The molecular weight excluding hydrogens is 160 g/mol. The van der Waals surface area contributed by atoms with Crippen LogP contribution in [-0.4, -0.2) is 11.5 Å². The van der Waals surface area contributed by atoms with Crippen molar-refractivity contribution in [2.45, 2.75) is 12.8 Å². The highest BCUT2D eigenvalue weighted by molar-refractivity contribution is 5.85. The van der Waals surface area contributed by atoms with Crippen LogP contribution in [0.3, 0.4) is 0 Å². The Bertz CT molecular complexity index is 177. The van der Waals surface area contributed by atoms with Crippen LogP contribution in [0, 0.1) is 0 Å². The van der Waals surface area contributed by atoms with Gasteiger partial charge in [-0.25, -0.2) is 0 Å². The van der Waals surface area contributed by atoms with E-state index >= 15 is 0 Å². The molecule has 1 heterocycles. The van der Waals surface area contributed by atoms with Crippen LogP contribution in [0.25, 0.3) is 0 Å². The second-order valence-electron chi connectivity index (χ2n) is 2.25. The van der Waals surface area contributed by atoms with Crippen molar-refractivity contribution in [3.8, 4) is 0 Å². The van der Waals surface area contributed by atoms with Crippen molar-refractivity contribution in [2.24, 2.45) is 5.73 Å². The van der Waals surface area contributed by atoms with E-state index in [0.29, 0.717) is 0 Å². The number of aryl methyl sites for hydroxylation is 1. The molecule has 1 rings (SSSR count). The van der Waals surface area contributed by atoms with E-state index in [4.69, 9.17) is 5.73 Å². The maximum atomic E-state index is 5.36. The van der Waals surface area contributed by atoms with Crippen LogP contribution in [0.1, 0.15) is 12.0 Å². The van der Waals surface area contributed by atoms with Gasteiger partial charge in [0, 0.05) is 12.4 Å². The molecular formula is C8H13ClN2. The molecule has 1 aromatic heterocycles. The Morgan fingerprint density at radius 3 is 2.82 bits per heavy atom. The van der Waals surface area contributed by atoms with Crippen LogP contribution in [0.2, 0.25) is 0 Å². The summed E-state index contributed by atoms with van der Waals surface area (Å²) >= 11 is 0. The maximum Gasteiger partial charge on any atom is 0.0299 e. The minimum atomic E-state index is 0. The zero-order valence-corrected chi connectivity index (χ0v) is 7.18. The van der Waals surface area contributed by atoms with Crippen molar-refractivity contribution in [3.63, 3.8) is 0 Å². The van der Waals surface area contributed by atoms with Crippen LogP contribution in [-0.2, 0) is 6.42 Å². The van der Waals surface area contributed by atoms with E-state index in [1.54, 1.807) is 6.20 Å². The largest absolute Gasteiger partial charge is 0.330 e. The number of pyridine rings is 1. The predicted octanol–water partition coefficient (Wildman–Crippen LogP) is 1.39. The Balaban J connectivity index is 0.000001000. The third-order valence-corrected chi connectivity index (χ3v) is 1.39. The Morgan fingerprint density at radius 2 is 2.27 bits per heavy atom. The summed E-state index contributed by atoms with van der Waals surface area (Å²) in [6.07, 6.45) is 5.76. The topological polar surface area (TPSA) is 38.9 Å². The fourth-order valence-electron chi connectivity index (χ4n) is 0.852. The van der Waals surface area contributed by atoms with Crippen LogP contribution in [0.15, 0.2) is 24.5 Å². The van der Waals surface area contributed by atoms with E-state index in [1.807, 2.05) is 12.3 Å². The van der Waals surface area contributed by atoms with Crippen molar-refractivity contribution in [1.82, 2.24) is 4.98 Å². The minimum absolute atomic E-state index is 0. The first-order chi connectivity index (χ1) is 4.93. The summed E-state index contributed by atoms with van der Waals surface area (Å²) in [6, 6.07) is 4.02. The van der Waals surface area contributed by atoms with E-state index in [1.165, 1.54) is 5.56 Å². The maximum absolute atomic E-state index is 5.36. The van der Waals surface area contributed by atoms with Gasteiger partial charge in [-0.1, -0.05) is 6.07 Å². The van der Waals surface area contributed by atoms with Crippen LogP contribution in [0.5, 0.6) is 0 Å². The highest BCUT2D eigenvalue weighted by Crippen LogP contribution is 1.98. The predicted molar refractivity (Wildman–Crippen MR) is 48.9 cm³/mol. The lowest BCUT2D eigenvalue weighted by molar-refractivity contribution is 0.829. The van der Waals surface area contributed by atoms with Gasteiger partial charge in [-0.2, -0.15) is 0 Å². The number of nitrogens with two attached hydrogens (primary N) is 1. The quantitative estimate of drug-likeness (QED) is 0.749. The van der Waals surface area contributed by atoms with Gasteiger partial charge in [-0.15, -0.1) is 12.4 Å². The Morgan fingerprint density at radius 1 is 1.45 bits per heavy atom. The van der Waals surface area contributed by atoms with Crippen molar-refractivity contribution in [1.29, 1.82) is 0 Å². The molecule has 0 saturated carbocycles. The molecule has 2 nitrogen and oxygen atoms in total. The van der Waals surface area contributed by atoms with Gasteiger partial charge in [0.15, 0.2) is 0 Å². The molecule has 0 radical (unpaired) electrons. The zero-order valence-electron chi connectivity index (χ0n) is 6.36. The summed E-state index contributed by atoms with van der Waals surface area (Å²) in [5.74, 6) is 0. The first kappa shape index (κ1) is 10.4. The number of hydrogen-bond acceptors (Lipinski definition) is 2. The molecule has 0 aliphatic rings. The van der Waals surface area contributed by atoms with E-state index < -0.39 is 0 Å². The molecule has 0 unspecified atom stereocenters. The lowest BCUT2D eigenvalue weighted by atomic mass is 10.2. The fourth-order valence-corrected chi connectivity index (χ4v) is 0.852. The molecule has 2 N–H and O–H groups in total. The first-order valence-electron chi connectivity index (χ1n) is 3.52. The molecule has 0 fully saturated rings. The average Bonchev–Trinajstić information content (AvgIpc) is 2.03. The summed E-state index contributed by atoms with van der Waals surface area (Å²) in [5, 5.41) is 0. The van der Waals surface area contributed by atoms with Crippen molar-refractivity contribution >= 4 is 12.4 Å². The van der Waals surface area contributed by atoms with Gasteiger partial charge < -0.3 is 5.73 Å². The van der Waals surface area contributed by atoms with E-state index in [-0.39, 0.29) is 12.4 Å². The van der Waals surface area contributed by atoms with E-state index in [0.717, 1.165) is 19.4 Å². The highest BCUT2D eigenvalue weighted by Gasteiger charge is 1.88. The Labute approximate surface area is 73.2 Å². The van der Waals surface area contributed by atoms with E-state index in [9.17, 15) is 0 Å². The van der Waals surface area contributed by atoms with Gasteiger partial charge in [0.05, 0.1) is 0 Å². The number of nitrogens with zero attached hydrogens (tertiary/aromatic N) is 1. The molecule has 0 amide bonds. The molecule has 0 aliphatic heterocycles. The standard InChI is InChI=1S/C8H12N2.ClH/c9-5-1-3-8-4-2-6-10-7-8;/h2,4,6-7H,1,3,5,9H2;1H. The van der Waals surface area contributed by atoms with Crippen molar-refractivity contribution < 1.29 is 0 Å². The summed E-state index contributed by atoms with van der Waals surface area (Å²) in [7, 11) is 0. The molecule has 0 spiro atoms. The Kier molecular flexibility index (Phi) is 5.80. The van der Waals surface area contributed by atoms with Gasteiger partial charge in [-0.3, -0.25) is 4.98 Å². The Hall–Kier alpha value is -0.600. The van der Waals surface area contributed by atoms with Crippen LogP contribution >= 0.6 is 12.4 Å². The summed E-state index contributed by atoms with van der Waals surface area (Å²) < 4.78 is 0. The third-order valence-electron chi connectivity index (χ3n) is 1.39. The molecule has 0 atom stereocenters. The lowest BCUT2D eigenvalue weighted by Gasteiger charge is -1.95. The molecule has 3 heteroatoms. The summed E-state index contributed by atoms with van der Waals surface area (Å²) in [4.78, 5) is 4.00. The molecule has 62 valence electrons. The second kappa shape index (κ2) is 6.13. The van der Waals surface area contributed by atoms with Gasteiger partial charge in [0.1, 0.15) is 0 Å². The first-order valence-corrected chi connectivity index (χ1v) is 3.52. The highest BCUT2D eigenvalue weighted by atomic mass is 35.5. The normalized spacial score (nSPS) is 8.82. The second-order valence-corrected chi connectivity index (χ2v) is 2.25. The SMILES string of the molecule is Cl.NCCCc1cccnc1. The smallest absolute Gasteiger partial charge is 0.0299 e. The van der Waals surface area contributed by atoms with Gasteiger partial charge in [-0.05, 0) is 31.0 Å². The zero-order chi connectivity index (χ0) is 7.23. The minimum Gasteiger partial charge on any atom is -0.330 e. The molecule has 0 saturated heterocycles. The average molecular weight is 173 g/mol. The van der Waals surface area contributed by atoms with Crippen molar-refractivity contribution in [3.05, 3.63) is 30.1 Å². The number of hydrogen-bond donors (Lipinski definition) is 1. The molecule has 0 aliphatic carbocycles. The van der Waals surface area contributed by atoms with Crippen LogP contribution in [0.4, 0.5) is 0 Å². The van der Waals surface area contributed by atoms with Crippen molar-refractivity contribution in [2.75, 3.05) is 6.54 Å². The van der Waals surface area contributed by atoms with Gasteiger partial charge in [0.2, 0.25) is 0 Å². The summed E-state index contributed by atoms with van der Waals surface area (Å²) in [5.41, 5.74) is 6.63. The molecule has 1 aromatic rings.